The molecular formula is C18H26N2O3. The van der Waals surface area contributed by atoms with Gasteiger partial charge >= 0.3 is 11.8 Å². The third-order valence-electron chi connectivity index (χ3n) is 4.84. The molecule has 5 nitrogen and oxygen atoms in total. The number of hydrogen-bond donors (Lipinski definition) is 3. The maximum absolute atomic E-state index is 12.0. The van der Waals surface area contributed by atoms with Crippen molar-refractivity contribution in [2.24, 2.45) is 5.92 Å². The predicted octanol–water partition coefficient (Wildman–Crippen LogP) is 2.03. The number of anilines is 1. The molecule has 1 aliphatic carbocycles. The van der Waals surface area contributed by atoms with Gasteiger partial charge in [-0.1, -0.05) is 26.3 Å². The molecule has 0 saturated heterocycles. The molecule has 0 aromatic heterocycles. The maximum Gasteiger partial charge on any atom is 0.313 e. The molecule has 1 aromatic carbocycles. The van der Waals surface area contributed by atoms with E-state index in [-0.39, 0.29) is 12.5 Å². The van der Waals surface area contributed by atoms with Gasteiger partial charge in [-0.2, -0.15) is 0 Å². The molecule has 0 fully saturated rings. The summed E-state index contributed by atoms with van der Waals surface area (Å²) < 4.78 is 0. The van der Waals surface area contributed by atoms with Gasteiger partial charge in [0.1, 0.15) is 0 Å². The standard InChI is InChI=1S/C18H26N2O3/c1-4-12(2)18(3,23)11-19-16(21)17(22)20-15-9-8-13-6-5-7-14(13)10-15/h8-10,12,23H,4-7,11H2,1-3H3,(H,19,21)(H,20,22)/t12-,18-/m0/s1. The Morgan fingerprint density at radius 1 is 1.26 bits per heavy atom. The lowest BCUT2D eigenvalue weighted by molar-refractivity contribution is -0.137. The van der Waals surface area contributed by atoms with Crippen LogP contribution in [0.5, 0.6) is 0 Å². The molecule has 2 amide bonds. The average molecular weight is 318 g/mol. The van der Waals surface area contributed by atoms with Crippen LogP contribution in [-0.2, 0) is 22.4 Å². The second kappa shape index (κ2) is 7.13. The number of fused-ring (bicyclic) bond motifs is 1. The van der Waals surface area contributed by atoms with Crippen molar-refractivity contribution >= 4 is 17.5 Å². The highest BCUT2D eigenvalue weighted by molar-refractivity contribution is 6.39. The molecule has 5 heteroatoms. The zero-order chi connectivity index (χ0) is 17.0. The third-order valence-corrected chi connectivity index (χ3v) is 4.84. The van der Waals surface area contributed by atoms with Crippen molar-refractivity contribution in [2.75, 3.05) is 11.9 Å². The summed E-state index contributed by atoms with van der Waals surface area (Å²) in [4.78, 5) is 23.9. The number of carbonyl (C=O) groups excluding carboxylic acids is 2. The Kier molecular flexibility index (Phi) is 5.42. The Bertz CT molecular complexity index is 596. The Morgan fingerprint density at radius 2 is 1.96 bits per heavy atom. The third kappa shape index (κ3) is 4.32. The number of rotatable bonds is 5. The first-order chi connectivity index (χ1) is 10.8. The Hall–Kier alpha value is -1.88. The van der Waals surface area contributed by atoms with Gasteiger partial charge in [-0.3, -0.25) is 9.59 Å². The number of carbonyl (C=O) groups is 2. The average Bonchev–Trinajstić information content (AvgIpc) is 2.99. The largest absolute Gasteiger partial charge is 0.388 e. The van der Waals surface area contributed by atoms with Gasteiger partial charge in [0.15, 0.2) is 0 Å². The van der Waals surface area contributed by atoms with Crippen LogP contribution in [0.4, 0.5) is 5.69 Å². The zero-order valence-corrected chi connectivity index (χ0v) is 14.1. The van der Waals surface area contributed by atoms with Gasteiger partial charge in [0.2, 0.25) is 0 Å². The summed E-state index contributed by atoms with van der Waals surface area (Å²) in [6.45, 7) is 5.61. The summed E-state index contributed by atoms with van der Waals surface area (Å²) in [5, 5.41) is 15.4. The fourth-order valence-corrected chi connectivity index (χ4v) is 2.79. The van der Waals surface area contributed by atoms with Crippen LogP contribution >= 0.6 is 0 Å². The first-order valence-electron chi connectivity index (χ1n) is 8.27. The van der Waals surface area contributed by atoms with E-state index < -0.39 is 17.4 Å². The summed E-state index contributed by atoms with van der Waals surface area (Å²) in [5.74, 6) is -1.40. The molecule has 0 bridgehead atoms. The van der Waals surface area contributed by atoms with E-state index in [1.807, 2.05) is 32.0 Å². The van der Waals surface area contributed by atoms with Crippen molar-refractivity contribution in [3.8, 4) is 0 Å². The molecule has 1 aliphatic rings. The van der Waals surface area contributed by atoms with Crippen LogP contribution in [0.15, 0.2) is 18.2 Å². The summed E-state index contributed by atoms with van der Waals surface area (Å²) in [7, 11) is 0. The smallest absolute Gasteiger partial charge is 0.313 e. The minimum absolute atomic E-state index is 0.0302. The Labute approximate surface area is 137 Å². The van der Waals surface area contributed by atoms with Crippen LogP contribution in [0.1, 0.15) is 44.7 Å². The predicted molar refractivity (Wildman–Crippen MR) is 90.2 cm³/mol. The highest BCUT2D eigenvalue weighted by Crippen LogP contribution is 2.24. The van der Waals surface area contributed by atoms with Crippen molar-refractivity contribution in [1.82, 2.24) is 5.32 Å². The van der Waals surface area contributed by atoms with E-state index in [1.54, 1.807) is 6.92 Å². The second-order valence-corrected chi connectivity index (χ2v) is 6.64. The van der Waals surface area contributed by atoms with Gasteiger partial charge < -0.3 is 15.7 Å². The van der Waals surface area contributed by atoms with Gasteiger partial charge in [0.05, 0.1) is 5.60 Å². The van der Waals surface area contributed by atoms with E-state index in [2.05, 4.69) is 10.6 Å². The van der Waals surface area contributed by atoms with E-state index in [4.69, 9.17) is 0 Å². The SMILES string of the molecule is CC[C@H](C)[C@@](C)(O)CNC(=O)C(=O)Nc1ccc2c(c1)CCC2. The summed E-state index contributed by atoms with van der Waals surface area (Å²) >= 11 is 0. The normalized spacial score (nSPS) is 17.0. The van der Waals surface area contributed by atoms with Crippen LogP contribution in [0.2, 0.25) is 0 Å². The fraction of sp³-hybridized carbons (Fsp3) is 0.556. The lowest BCUT2D eigenvalue weighted by Crippen LogP contribution is -2.47. The molecule has 1 aromatic rings. The molecule has 2 atom stereocenters. The summed E-state index contributed by atoms with van der Waals surface area (Å²) in [5.41, 5.74) is 2.16. The Morgan fingerprint density at radius 3 is 2.65 bits per heavy atom. The molecule has 3 N–H and O–H groups in total. The van der Waals surface area contributed by atoms with E-state index in [9.17, 15) is 14.7 Å². The highest BCUT2D eigenvalue weighted by atomic mass is 16.3. The lowest BCUT2D eigenvalue weighted by Gasteiger charge is -2.29. The van der Waals surface area contributed by atoms with Crippen molar-refractivity contribution in [2.45, 2.75) is 52.1 Å². The van der Waals surface area contributed by atoms with Crippen molar-refractivity contribution in [3.05, 3.63) is 29.3 Å². The van der Waals surface area contributed by atoms with E-state index >= 15 is 0 Å². The van der Waals surface area contributed by atoms with Crippen molar-refractivity contribution in [1.29, 1.82) is 0 Å². The molecular weight excluding hydrogens is 292 g/mol. The monoisotopic (exact) mass is 318 g/mol. The van der Waals surface area contributed by atoms with Crippen LogP contribution in [-0.4, -0.2) is 29.1 Å². The number of amides is 2. The molecule has 0 spiro atoms. The van der Waals surface area contributed by atoms with Crippen LogP contribution < -0.4 is 10.6 Å². The molecule has 0 saturated carbocycles. The molecule has 126 valence electrons. The number of nitrogens with one attached hydrogen (secondary N) is 2. The highest BCUT2D eigenvalue weighted by Gasteiger charge is 2.28. The number of aryl methyl sites for hydroxylation is 2. The summed E-state index contributed by atoms with van der Waals surface area (Å²) in [6, 6.07) is 5.76. The van der Waals surface area contributed by atoms with Crippen LogP contribution in [0.25, 0.3) is 0 Å². The number of aliphatic hydroxyl groups is 1. The van der Waals surface area contributed by atoms with Crippen molar-refractivity contribution in [3.63, 3.8) is 0 Å². The van der Waals surface area contributed by atoms with Crippen molar-refractivity contribution < 1.29 is 14.7 Å². The Balaban J connectivity index is 1.89. The zero-order valence-electron chi connectivity index (χ0n) is 14.1. The van der Waals surface area contributed by atoms with E-state index in [1.165, 1.54) is 11.1 Å². The summed E-state index contributed by atoms with van der Waals surface area (Å²) in [6.07, 6.45) is 4.03. The minimum atomic E-state index is -1.03. The molecule has 0 aliphatic heterocycles. The van der Waals surface area contributed by atoms with E-state index in [0.29, 0.717) is 5.69 Å². The topological polar surface area (TPSA) is 78.4 Å². The molecule has 2 rings (SSSR count). The lowest BCUT2D eigenvalue weighted by atomic mass is 9.89. The molecule has 0 unspecified atom stereocenters. The van der Waals surface area contributed by atoms with Gasteiger partial charge in [-0.15, -0.1) is 0 Å². The van der Waals surface area contributed by atoms with Crippen LogP contribution in [0, 0.1) is 5.92 Å². The first-order valence-corrected chi connectivity index (χ1v) is 8.27. The van der Waals surface area contributed by atoms with E-state index in [0.717, 1.165) is 25.7 Å². The second-order valence-electron chi connectivity index (χ2n) is 6.64. The van der Waals surface area contributed by atoms with Gasteiger partial charge in [-0.25, -0.2) is 0 Å². The molecule has 23 heavy (non-hydrogen) atoms. The fourth-order valence-electron chi connectivity index (χ4n) is 2.79. The van der Waals surface area contributed by atoms with Gasteiger partial charge in [0, 0.05) is 12.2 Å². The number of benzene rings is 1. The quantitative estimate of drug-likeness (QED) is 0.727. The maximum atomic E-state index is 12.0. The van der Waals surface area contributed by atoms with Gasteiger partial charge in [-0.05, 0) is 55.4 Å². The van der Waals surface area contributed by atoms with Crippen LogP contribution in [0.3, 0.4) is 0 Å². The number of hydrogen-bond acceptors (Lipinski definition) is 3. The first kappa shape index (κ1) is 17.5. The van der Waals surface area contributed by atoms with Gasteiger partial charge in [0.25, 0.3) is 0 Å². The molecule has 0 heterocycles. The minimum Gasteiger partial charge on any atom is -0.388 e. The molecule has 0 radical (unpaired) electrons.